The van der Waals surface area contributed by atoms with Gasteiger partial charge in [-0.1, -0.05) is 43.7 Å². The van der Waals surface area contributed by atoms with Gasteiger partial charge in [-0.3, -0.25) is 4.79 Å². The molecule has 0 aliphatic carbocycles. The van der Waals surface area contributed by atoms with Gasteiger partial charge in [-0.15, -0.1) is 0 Å². The summed E-state index contributed by atoms with van der Waals surface area (Å²) in [7, 11) is 0. The molecular weight excluding hydrogens is 429 g/mol. The number of halogens is 1. The number of nitrogens with one attached hydrogen (secondary N) is 1. The molecule has 1 unspecified atom stereocenters. The number of benzene rings is 1. The minimum Gasteiger partial charge on any atom is -0.449 e. The van der Waals surface area contributed by atoms with Crippen LogP contribution in [0.1, 0.15) is 52.2 Å². The summed E-state index contributed by atoms with van der Waals surface area (Å²) in [6.45, 7) is 7.44. The van der Waals surface area contributed by atoms with Gasteiger partial charge < -0.3 is 10.1 Å². The number of hydrogen-bond donors (Lipinski definition) is 1. The topological polar surface area (TPSA) is 55.4 Å². The van der Waals surface area contributed by atoms with E-state index in [-0.39, 0.29) is 11.9 Å². The first-order chi connectivity index (χ1) is 11.8. The van der Waals surface area contributed by atoms with E-state index in [9.17, 15) is 9.59 Å². The van der Waals surface area contributed by atoms with E-state index in [1.807, 2.05) is 57.2 Å². The fourth-order valence-corrected chi connectivity index (χ4v) is 3.34. The summed E-state index contributed by atoms with van der Waals surface area (Å²) in [6.07, 6.45) is 3.14. The van der Waals surface area contributed by atoms with Crippen molar-refractivity contribution >= 4 is 34.5 Å². The van der Waals surface area contributed by atoms with Crippen molar-refractivity contribution < 1.29 is 14.3 Å². The highest BCUT2D eigenvalue weighted by Gasteiger charge is 2.34. The van der Waals surface area contributed by atoms with Crippen molar-refractivity contribution in [1.29, 1.82) is 0 Å². The zero-order chi connectivity index (χ0) is 18.6. The number of rotatable bonds is 6. The quantitative estimate of drug-likeness (QED) is 0.506. The van der Waals surface area contributed by atoms with E-state index in [0.29, 0.717) is 6.42 Å². The van der Waals surface area contributed by atoms with Crippen molar-refractivity contribution in [2.45, 2.75) is 52.2 Å². The van der Waals surface area contributed by atoms with Crippen LogP contribution in [0.15, 0.2) is 51.1 Å². The first-order valence-corrected chi connectivity index (χ1v) is 9.49. The zero-order valence-electron chi connectivity index (χ0n) is 15.1. The molecule has 2 rings (SSSR count). The van der Waals surface area contributed by atoms with Crippen LogP contribution in [0.5, 0.6) is 0 Å². The van der Waals surface area contributed by atoms with Crippen LogP contribution in [0.3, 0.4) is 0 Å². The Morgan fingerprint density at radius 2 is 1.96 bits per heavy atom. The van der Waals surface area contributed by atoms with E-state index in [0.717, 1.165) is 26.7 Å². The van der Waals surface area contributed by atoms with Crippen molar-refractivity contribution in [3.63, 3.8) is 0 Å². The van der Waals surface area contributed by atoms with Crippen LogP contribution in [0.2, 0.25) is 0 Å². The second-order valence-corrected chi connectivity index (χ2v) is 7.84. The summed E-state index contributed by atoms with van der Waals surface area (Å²) < 4.78 is 6.62. The predicted octanol–water partition coefficient (Wildman–Crippen LogP) is 4.61. The second kappa shape index (κ2) is 8.17. The van der Waals surface area contributed by atoms with Crippen LogP contribution < -0.4 is 5.32 Å². The lowest BCUT2D eigenvalue weighted by molar-refractivity contribution is -0.140. The van der Waals surface area contributed by atoms with Gasteiger partial charge in [0, 0.05) is 21.6 Å². The van der Waals surface area contributed by atoms with E-state index in [4.69, 9.17) is 4.74 Å². The molecule has 4 nitrogen and oxygen atoms in total. The first-order valence-electron chi connectivity index (χ1n) is 8.41. The van der Waals surface area contributed by atoms with Crippen LogP contribution >= 0.6 is 22.6 Å². The fraction of sp³-hybridized carbons (Fsp3) is 0.400. The molecule has 0 spiro atoms. The Bertz CT molecular complexity index is 720. The number of carbonyl (C=O) groups is 2. The summed E-state index contributed by atoms with van der Waals surface area (Å²) in [6, 6.07) is 9.75. The molecule has 25 heavy (non-hydrogen) atoms. The Morgan fingerprint density at radius 3 is 2.52 bits per heavy atom. The van der Waals surface area contributed by atoms with E-state index in [1.165, 1.54) is 6.92 Å². The van der Waals surface area contributed by atoms with Gasteiger partial charge in [0.1, 0.15) is 0 Å². The van der Waals surface area contributed by atoms with Gasteiger partial charge in [0.05, 0.1) is 5.54 Å². The lowest BCUT2D eigenvalue weighted by atomic mass is 9.94. The van der Waals surface area contributed by atoms with E-state index >= 15 is 0 Å². The highest BCUT2D eigenvalue weighted by molar-refractivity contribution is 14.1. The van der Waals surface area contributed by atoms with Crippen molar-refractivity contribution in [3.8, 4) is 0 Å². The third-order valence-corrected chi connectivity index (χ3v) is 5.73. The molecule has 1 aliphatic rings. The van der Waals surface area contributed by atoms with Gasteiger partial charge in [-0.05, 0) is 54.5 Å². The van der Waals surface area contributed by atoms with Crippen LogP contribution in [0.25, 0.3) is 0 Å². The third kappa shape index (κ3) is 4.71. The van der Waals surface area contributed by atoms with Gasteiger partial charge in [0.2, 0.25) is 5.91 Å². The average Bonchev–Trinajstić information content (AvgIpc) is 2.84. The molecule has 0 saturated carbocycles. The summed E-state index contributed by atoms with van der Waals surface area (Å²) in [4.78, 5) is 23.9. The van der Waals surface area contributed by atoms with E-state index < -0.39 is 11.6 Å². The fourth-order valence-electron chi connectivity index (χ4n) is 2.87. The standard InChI is InChI=1S/C20H24INO3/c1-5-9-15-16(12-17(21)20(3,4)22-13(2)23)18(25-19(15)24)14-10-7-6-8-11-14/h6-8,10-12,18H,5,9H2,1-4H3,(H,22,23)/b17-12-. The lowest BCUT2D eigenvalue weighted by Crippen LogP contribution is -2.42. The van der Waals surface area contributed by atoms with Gasteiger partial charge in [0.15, 0.2) is 6.10 Å². The van der Waals surface area contributed by atoms with Crippen molar-refractivity contribution in [3.05, 3.63) is 56.7 Å². The monoisotopic (exact) mass is 453 g/mol. The molecule has 5 heteroatoms. The maximum atomic E-state index is 12.4. The number of ether oxygens (including phenoxy) is 1. The molecule has 1 atom stereocenters. The van der Waals surface area contributed by atoms with Crippen LogP contribution in [-0.4, -0.2) is 17.4 Å². The number of amides is 1. The molecule has 0 fully saturated rings. The Morgan fingerprint density at radius 1 is 1.32 bits per heavy atom. The summed E-state index contributed by atoms with van der Waals surface area (Å²) in [5, 5.41) is 2.94. The van der Waals surface area contributed by atoms with Crippen LogP contribution in [0.4, 0.5) is 0 Å². The average molecular weight is 453 g/mol. The molecule has 0 radical (unpaired) electrons. The molecule has 0 aromatic heterocycles. The summed E-state index contributed by atoms with van der Waals surface area (Å²) in [5.74, 6) is -0.336. The minimum absolute atomic E-state index is 0.0892. The van der Waals surface area contributed by atoms with E-state index in [1.54, 1.807) is 0 Å². The third-order valence-electron chi connectivity index (χ3n) is 4.07. The van der Waals surface area contributed by atoms with Gasteiger partial charge in [0.25, 0.3) is 0 Å². The molecule has 0 saturated heterocycles. The minimum atomic E-state index is -0.510. The summed E-state index contributed by atoms with van der Waals surface area (Å²) in [5.41, 5.74) is 2.06. The normalized spacial score (nSPS) is 18.4. The largest absolute Gasteiger partial charge is 0.449 e. The Balaban J connectivity index is 2.48. The maximum absolute atomic E-state index is 12.4. The smallest absolute Gasteiger partial charge is 0.335 e. The SMILES string of the molecule is CCCC1=C(/C=C(\I)C(C)(C)NC(C)=O)C(c2ccccc2)OC1=O. The van der Waals surface area contributed by atoms with Gasteiger partial charge in [-0.2, -0.15) is 0 Å². The number of hydrogen-bond acceptors (Lipinski definition) is 3. The molecule has 134 valence electrons. The number of carbonyl (C=O) groups excluding carboxylic acids is 2. The van der Waals surface area contributed by atoms with Crippen molar-refractivity contribution in [2.75, 3.05) is 0 Å². The molecule has 0 bridgehead atoms. The Hall–Kier alpha value is -1.63. The molecule has 1 heterocycles. The highest BCUT2D eigenvalue weighted by Crippen LogP contribution is 2.40. The number of esters is 1. The zero-order valence-corrected chi connectivity index (χ0v) is 17.2. The Labute approximate surface area is 162 Å². The molecule has 1 N–H and O–H groups in total. The first kappa shape index (κ1) is 19.7. The van der Waals surface area contributed by atoms with Crippen LogP contribution in [0, 0.1) is 0 Å². The lowest BCUT2D eigenvalue weighted by Gasteiger charge is -2.26. The molecule has 1 aromatic rings. The second-order valence-electron chi connectivity index (χ2n) is 6.68. The predicted molar refractivity (Wildman–Crippen MR) is 107 cm³/mol. The molecule has 1 aliphatic heterocycles. The Kier molecular flexibility index (Phi) is 6.43. The maximum Gasteiger partial charge on any atom is 0.335 e. The highest BCUT2D eigenvalue weighted by atomic mass is 127. The molecular formula is C20H24INO3. The van der Waals surface area contributed by atoms with Crippen LogP contribution in [-0.2, 0) is 14.3 Å². The van der Waals surface area contributed by atoms with Crippen molar-refractivity contribution in [2.24, 2.45) is 0 Å². The summed E-state index contributed by atoms with van der Waals surface area (Å²) >= 11 is 2.23. The number of cyclic esters (lactones) is 1. The van der Waals surface area contributed by atoms with Gasteiger partial charge in [-0.25, -0.2) is 4.79 Å². The van der Waals surface area contributed by atoms with Crippen molar-refractivity contribution in [1.82, 2.24) is 5.32 Å². The molecule has 1 aromatic carbocycles. The molecule has 1 amide bonds. The van der Waals surface area contributed by atoms with E-state index in [2.05, 4.69) is 27.9 Å². The van der Waals surface area contributed by atoms with Gasteiger partial charge >= 0.3 is 5.97 Å².